The number of rotatable bonds is 3. The number of alkyl halides is 1. The standard InChI is InChI=1S/C10H18ClNO2/c1-8(11)10(13)12-6-4-3-5-9(12)7-14-2/h8-9H,3-7H2,1-2H3/t8-,9-/m0/s1. The fraction of sp³-hybridized carbons (Fsp3) is 0.900. The first-order chi connectivity index (χ1) is 6.66. The van der Waals surface area contributed by atoms with Gasteiger partial charge in [0.1, 0.15) is 5.38 Å². The van der Waals surface area contributed by atoms with Gasteiger partial charge >= 0.3 is 0 Å². The molecule has 1 aliphatic heterocycles. The third kappa shape index (κ3) is 2.85. The first-order valence-electron chi connectivity index (χ1n) is 5.10. The van der Waals surface area contributed by atoms with Gasteiger partial charge in [0, 0.05) is 13.7 Å². The Labute approximate surface area is 90.4 Å². The Kier molecular flexibility index (Phi) is 4.69. The quantitative estimate of drug-likeness (QED) is 0.676. The molecule has 0 radical (unpaired) electrons. The van der Waals surface area contributed by atoms with E-state index in [0.717, 1.165) is 19.4 Å². The Bertz CT molecular complexity index is 195. The fourth-order valence-electron chi connectivity index (χ4n) is 1.88. The SMILES string of the molecule is COC[C@@H]1CCCCN1C(=O)[C@H](C)Cl. The predicted molar refractivity (Wildman–Crippen MR) is 56.5 cm³/mol. The van der Waals surface area contributed by atoms with Crippen LogP contribution in [0.3, 0.4) is 0 Å². The number of hydrogen-bond donors (Lipinski definition) is 0. The highest BCUT2D eigenvalue weighted by Gasteiger charge is 2.28. The van der Waals surface area contributed by atoms with Crippen LogP contribution >= 0.6 is 11.6 Å². The molecule has 1 aliphatic rings. The molecule has 1 amide bonds. The Morgan fingerprint density at radius 3 is 2.93 bits per heavy atom. The molecule has 1 saturated heterocycles. The molecule has 0 N–H and O–H groups in total. The van der Waals surface area contributed by atoms with Crippen LogP contribution < -0.4 is 0 Å². The van der Waals surface area contributed by atoms with Gasteiger partial charge in [0.15, 0.2) is 0 Å². The van der Waals surface area contributed by atoms with Crippen molar-refractivity contribution < 1.29 is 9.53 Å². The van der Waals surface area contributed by atoms with E-state index in [1.165, 1.54) is 6.42 Å². The lowest BCUT2D eigenvalue weighted by Crippen LogP contribution is -2.48. The van der Waals surface area contributed by atoms with E-state index < -0.39 is 5.38 Å². The predicted octanol–water partition coefficient (Wildman–Crippen LogP) is 1.64. The van der Waals surface area contributed by atoms with Gasteiger partial charge < -0.3 is 9.64 Å². The summed E-state index contributed by atoms with van der Waals surface area (Å²) >= 11 is 5.80. The smallest absolute Gasteiger partial charge is 0.240 e. The highest BCUT2D eigenvalue weighted by molar-refractivity contribution is 6.30. The van der Waals surface area contributed by atoms with Crippen molar-refractivity contribution in [2.24, 2.45) is 0 Å². The van der Waals surface area contributed by atoms with Gasteiger partial charge in [-0.1, -0.05) is 0 Å². The molecular weight excluding hydrogens is 202 g/mol. The van der Waals surface area contributed by atoms with Gasteiger partial charge in [-0.05, 0) is 26.2 Å². The molecule has 0 unspecified atom stereocenters. The second-order valence-corrected chi connectivity index (χ2v) is 4.41. The summed E-state index contributed by atoms with van der Waals surface area (Å²) in [4.78, 5) is 13.6. The first-order valence-corrected chi connectivity index (χ1v) is 5.54. The zero-order valence-electron chi connectivity index (χ0n) is 8.83. The molecule has 1 heterocycles. The number of halogens is 1. The van der Waals surface area contributed by atoms with E-state index in [4.69, 9.17) is 16.3 Å². The largest absolute Gasteiger partial charge is 0.383 e. The third-order valence-electron chi connectivity index (χ3n) is 2.61. The molecule has 1 fully saturated rings. The Balaban J connectivity index is 2.57. The molecule has 14 heavy (non-hydrogen) atoms. The minimum Gasteiger partial charge on any atom is -0.383 e. The van der Waals surface area contributed by atoms with Crippen molar-refractivity contribution in [1.29, 1.82) is 0 Å². The number of hydrogen-bond acceptors (Lipinski definition) is 2. The minimum absolute atomic E-state index is 0.0356. The minimum atomic E-state index is -0.424. The number of nitrogens with zero attached hydrogens (tertiary/aromatic N) is 1. The van der Waals surface area contributed by atoms with Crippen molar-refractivity contribution in [2.75, 3.05) is 20.3 Å². The van der Waals surface area contributed by atoms with Crippen molar-refractivity contribution >= 4 is 17.5 Å². The maximum atomic E-state index is 11.7. The summed E-state index contributed by atoms with van der Waals surface area (Å²) in [5.74, 6) is 0.0356. The topological polar surface area (TPSA) is 29.5 Å². The highest BCUT2D eigenvalue weighted by Crippen LogP contribution is 2.19. The molecule has 0 aliphatic carbocycles. The summed E-state index contributed by atoms with van der Waals surface area (Å²) in [6.07, 6.45) is 3.28. The van der Waals surface area contributed by atoms with E-state index >= 15 is 0 Å². The van der Waals surface area contributed by atoms with Gasteiger partial charge in [0.25, 0.3) is 0 Å². The van der Waals surface area contributed by atoms with Crippen LogP contribution in [0.15, 0.2) is 0 Å². The maximum Gasteiger partial charge on any atom is 0.240 e. The molecule has 0 aromatic heterocycles. The van der Waals surface area contributed by atoms with E-state index in [9.17, 15) is 4.79 Å². The average Bonchev–Trinajstić information content (AvgIpc) is 2.18. The van der Waals surface area contributed by atoms with Crippen molar-refractivity contribution in [3.63, 3.8) is 0 Å². The van der Waals surface area contributed by atoms with Gasteiger partial charge in [-0.15, -0.1) is 11.6 Å². The molecule has 0 aromatic rings. The van der Waals surface area contributed by atoms with Crippen LogP contribution in [0.1, 0.15) is 26.2 Å². The number of piperidine rings is 1. The van der Waals surface area contributed by atoms with Crippen LogP contribution in [0.25, 0.3) is 0 Å². The normalized spacial score (nSPS) is 24.8. The van der Waals surface area contributed by atoms with Gasteiger partial charge in [-0.2, -0.15) is 0 Å². The number of likely N-dealkylation sites (tertiary alicyclic amines) is 1. The lowest BCUT2D eigenvalue weighted by atomic mass is 10.0. The first kappa shape index (κ1) is 11.8. The van der Waals surface area contributed by atoms with Crippen LogP contribution in [-0.2, 0) is 9.53 Å². The summed E-state index contributed by atoms with van der Waals surface area (Å²) in [7, 11) is 1.67. The molecular formula is C10H18ClNO2. The van der Waals surface area contributed by atoms with Crippen molar-refractivity contribution in [3.8, 4) is 0 Å². The van der Waals surface area contributed by atoms with Crippen LogP contribution in [0.5, 0.6) is 0 Å². The summed E-state index contributed by atoms with van der Waals surface area (Å²) < 4.78 is 5.10. The van der Waals surface area contributed by atoms with Crippen LogP contribution in [0.4, 0.5) is 0 Å². The van der Waals surface area contributed by atoms with Gasteiger partial charge in [0.2, 0.25) is 5.91 Å². The Morgan fingerprint density at radius 2 is 2.36 bits per heavy atom. The summed E-state index contributed by atoms with van der Waals surface area (Å²) in [6.45, 7) is 3.17. The number of amides is 1. The van der Waals surface area contributed by atoms with E-state index in [1.807, 2.05) is 4.90 Å². The number of ether oxygens (including phenoxy) is 1. The molecule has 4 heteroatoms. The van der Waals surface area contributed by atoms with Crippen molar-refractivity contribution in [2.45, 2.75) is 37.6 Å². The Morgan fingerprint density at radius 1 is 1.64 bits per heavy atom. The monoisotopic (exact) mass is 219 g/mol. The van der Waals surface area contributed by atoms with E-state index in [2.05, 4.69) is 0 Å². The molecule has 1 rings (SSSR count). The number of carbonyl (C=O) groups excluding carboxylic acids is 1. The molecule has 0 saturated carbocycles. The number of methoxy groups -OCH3 is 1. The lowest BCUT2D eigenvalue weighted by Gasteiger charge is -2.36. The van der Waals surface area contributed by atoms with Crippen LogP contribution in [-0.4, -0.2) is 42.5 Å². The fourth-order valence-corrected chi connectivity index (χ4v) is 2.01. The molecule has 0 bridgehead atoms. The maximum absolute atomic E-state index is 11.7. The van der Waals surface area contributed by atoms with Crippen LogP contribution in [0, 0.1) is 0 Å². The molecule has 0 spiro atoms. The molecule has 2 atom stereocenters. The highest BCUT2D eigenvalue weighted by atomic mass is 35.5. The lowest BCUT2D eigenvalue weighted by molar-refractivity contribution is -0.135. The second-order valence-electron chi connectivity index (χ2n) is 3.75. The second kappa shape index (κ2) is 5.56. The van der Waals surface area contributed by atoms with Gasteiger partial charge in [-0.25, -0.2) is 0 Å². The van der Waals surface area contributed by atoms with Crippen molar-refractivity contribution in [1.82, 2.24) is 4.90 Å². The average molecular weight is 220 g/mol. The van der Waals surface area contributed by atoms with E-state index in [1.54, 1.807) is 14.0 Å². The zero-order valence-corrected chi connectivity index (χ0v) is 9.59. The van der Waals surface area contributed by atoms with E-state index in [0.29, 0.717) is 6.61 Å². The molecule has 82 valence electrons. The van der Waals surface area contributed by atoms with Gasteiger partial charge in [-0.3, -0.25) is 4.79 Å². The van der Waals surface area contributed by atoms with Crippen molar-refractivity contribution in [3.05, 3.63) is 0 Å². The zero-order chi connectivity index (χ0) is 10.6. The molecule has 0 aromatic carbocycles. The van der Waals surface area contributed by atoms with E-state index in [-0.39, 0.29) is 11.9 Å². The third-order valence-corrected chi connectivity index (χ3v) is 2.80. The summed E-state index contributed by atoms with van der Waals surface area (Å²) in [5.41, 5.74) is 0. The van der Waals surface area contributed by atoms with Gasteiger partial charge in [0.05, 0.1) is 12.6 Å². The number of carbonyl (C=O) groups is 1. The van der Waals surface area contributed by atoms with Crippen LogP contribution in [0.2, 0.25) is 0 Å². The summed E-state index contributed by atoms with van der Waals surface area (Å²) in [6, 6.07) is 0.224. The summed E-state index contributed by atoms with van der Waals surface area (Å²) in [5, 5.41) is -0.424. The Hall–Kier alpha value is -0.280. The molecule has 3 nitrogen and oxygen atoms in total.